The van der Waals surface area contributed by atoms with E-state index < -0.39 is 24.2 Å². The Labute approximate surface area is 141 Å². The molecular weight excluding hydrogens is 330 g/mol. The zero-order valence-electron chi connectivity index (χ0n) is 13.0. The van der Waals surface area contributed by atoms with Crippen LogP contribution >= 0.6 is 0 Å². The van der Waals surface area contributed by atoms with Crippen LogP contribution < -0.4 is 10.6 Å². The van der Waals surface area contributed by atoms with Gasteiger partial charge in [-0.25, -0.2) is 8.78 Å². The molecule has 0 aliphatic carbocycles. The highest BCUT2D eigenvalue weighted by atomic mass is 19.3. The Morgan fingerprint density at radius 3 is 2.64 bits per heavy atom. The molecule has 1 aliphatic rings. The van der Waals surface area contributed by atoms with E-state index in [0.29, 0.717) is 18.8 Å². The van der Waals surface area contributed by atoms with Crippen LogP contribution in [0.25, 0.3) is 5.65 Å². The lowest BCUT2D eigenvalue weighted by atomic mass is 9.93. The number of hydrogen-bond acceptors (Lipinski definition) is 5. The molecule has 4 rings (SSSR count). The first-order chi connectivity index (χ1) is 12.0. The second kappa shape index (κ2) is 5.76. The molecule has 0 saturated carbocycles. The fourth-order valence-electron chi connectivity index (χ4n) is 3.10. The average Bonchev–Trinajstić information content (AvgIpc) is 3.03. The zero-order chi connectivity index (χ0) is 17.6. The van der Waals surface area contributed by atoms with Crippen molar-refractivity contribution in [3.63, 3.8) is 0 Å². The third-order valence-corrected chi connectivity index (χ3v) is 4.34. The average molecular weight is 344 g/mol. The molecule has 1 aliphatic heterocycles. The summed E-state index contributed by atoms with van der Waals surface area (Å²) in [6, 6.07) is 10.3. The van der Waals surface area contributed by atoms with Gasteiger partial charge in [-0.3, -0.25) is 4.79 Å². The first-order valence-corrected chi connectivity index (χ1v) is 7.68. The third kappa shape index (κ3) is 2.57. The van der Waals surface area contributed by atoms with Crippen molar-refractivity contribution in [2.45, 2.75) is 25.4 Å². The van der Waals surface area contributed by atoms with E-state index in [2.05, 4.69) is 15.3 Å². The van der Waals surface area contributed by atoms with E-state index in [9.17, 15) is 13.6 Å². The Hall–Kier alpha value is -3.10. The number of nitrogens with zero attached hydrogens (tertiary/aromatic N) is 5. The zero-order valence-corrected chi connectivity index (χ0v) is 13.0. The molecule has 7 nitrogen and oxygen atoms in total. The highest BCUT2D eigenvalue weighted by molar-refractivity contribution is 5.84. The molecule has 128 valence electrons. The Kier molecular flexibility index (Phi) is 3.56. The smallest absolute Gasteiger partial charge is 0.299 e. The van der Waals surface area contributed by atoms with Crippen LogP contribution in [0.1, 0.15) is 23.4 Å². The largest absolute Gasteiger partial charge is 0.368 e. The van der Waals surface area contributed by atoms with E-state index in [1.807, 2.05) is 24.3 Å². The molecule has 3 aromatic rings. The standard InChI is InChI=1S/C16H14F2N6O/c17-14(18)16-21-20-12-5-6-13(22-24(12)16)23-8-10-4-2-1-3-9(10)7-11(23)15(19)25/h1-6,11,14H,7-8H2,(H2,19,25)/t11-/m0/s1. The predicted octanol–water partition coefficient (Wildman–Crippen LogP) is 1.48. The molecule has 1 atom stereocenters. The first kappa shape index (κ1) is 15.4. The van der Waals surface area contributed by atoms with Gasteiger partial charge in [-0.15, -0.1) is 15.3 Å². The van der Waals surface area contributed by atoms with Crippen LogP contribution in [-0.2, 0) is 17.8 Å². The van der Waals surface area contributed by atoms with E-state index in [1.165, 1.54) is 0 Å². The summed E-state index contributed by atoms with van der Waals surface area (Å²) in [4.78, 5) is 13.7. The van der Waals surface area contributed by atoms with Gasteiger partial charge in [0.2, 0.25) is 11.7 Å². The number of anilines is 1. The number of aromatic nitrogens is 4. The number of rotatable bonds is 3. The van der Waals surface area contributed by atoms with Crippen LogP contribution in [0.3, 0.4) is 0 Å². The minimum atomic E-state index is -2.80. The summed E-state index contributed by atoms with van der Waals surface area (Å²) >= 11 is 0. The number of carbonyl (C=O) groups is 1. The minimum Gasteiger partial charge on any atom is -0.368 e. The van der Waals surface area contributed by atoms with Gasteiger partial charge in [0.15, 0.2) is 11.5 Å². The first-order valence-electron chi connectivity index (χ1n) is 7.68. The monoisotopic (exact) mass is 344 g/mol. The molecule has 0 fully saturated rings. The maximum absolute atomic E-state index is 13.1. The van der Waals surface area contributed by atoms with Gasteiger partial charge in [0.05, 0.1) is 0 Å². The van der Waals surface area contributed by atoms with Gasteiger partial charge in [-0.2, -0.15) is 4.52 Å². The summed E-state index contributed by atoms with van der Waals surface area (Å²) in [6.45, 7) is 0.411. The molecule has 9 heteroatoms. The van der Waals surface area contributed by atoms with Crippen molar-refractivity contribution in [3.05, 3.63) is 53.3 Å². The normalized spacial score (nSPS) is 17.1. The number of nitrogens with two attached hydrogens (primary N) is 1. The molecule has 1 aromatic carbocycles. The van der Waals surface area contributed by atoms with Gasteiger partial charge in [0, 0.05) is 13.0 Å². The van der Waals surface area contributed by atoms with E-state index in [4.69, 9.17) is 5.73 Å². The quantitative estimate of drug-likeness (QED) is 0.777. The van der Waals surface area contributed by atoms with Crippen LogP contribution in [0.4, 0.5) is 14.6 Å². The number of amides is 1. The van der Waals surface area contributed by atoms with E-state index in [1.54, 1.807) is 17.0 Å². The van der Waals surface area contributed by atoms with Crippen LogP contribution in [0.5, 0.6) is 0 Å². The fourth-order valence-corrected chi connectivity index (χ4v) is 3.10. The lowest BCUT2D eigenvalue weighted by molar-refractivity contribution is -0.119. The second-order valence-electron chi connectivity index (χ2n) is 5.84. The van der Waals surface area contributed by atoms with Crippen LogP contribution in [0, 0.1) is 0 Å². The van der Waals surface area contributed by atoms with Crippen LogP contribution in [0.2, 0.25) is 0 Å². The molecule has 0 spiro atoms. The molecular formula is C16H14F2N6O. The molecule has 2 N–H and O–H groups in total. The number of fused-ring (bicyclic) bond motifs is 2. The highest BCUT2D eigenvalue weighted by Gasteiger charge is 2.31. The molecule has 3 heterocycles. The van der Waals surface area contributed by atoms with Crippen molar-refractivity contribution in [2.24, 2.45) is 5.73 Å². The van der Waals surface area contributed by atoms with E-state index in [0.717, 1.165) is 15.6 Å². The maximum atomic E-state index is 13.1. The predicted molar refractivity (Wildman–Crippen MR) is 85.1 cm³/mol. The topological polar surface area (TPSA) is 89.4 Å². The number of benzene rings is 1. The molecule has 0 radical (unpaired) electrons. The molecule has 2 aromatic heterocycles. The maximum Gasteiger partial charge on any atom is 0.299 e. The van der Waals surface area contributed by atoms with Crippen LogP contribution in [-0.4, -0.2) is 31.8 Å². The van der Waals surface area contributed by atoms with E-state index in [-0.39, 0.29) is 5.65 Å². The number of halogens is 2. The lowest BCUT2D eigenvalue weighted by Gasteiger charge is -2.35. The summed E-state index contributed by atoms with van der Waals surface area (Å²) in [5.74, 6) is -0.661. The summed E-state index contributed by atoms with van der Waals surface area (Å²) in [6.07, 6.45) is -2.36. The Balaban J connectivity index is 1.80. The lowest BCUT2D eigenvalue weighted by Crippen LogP contribution is -2.49. The Morgan fingerprint density at radius 1 is 1.16 bits per heavy atom. The van der Waals surface area contributed by atoms with Gasteiger partial charge < -0.3 is 10.6 Å². The molecule has 0 unspecified atom stereocenters. The molecule has 0 bridgehead atoms. The Morgan fingerprint density at radius 2 is 1.92 bits per heavy atom. The fraction of sp³-hybridized carbons (Fsp3) is 0.250. The van der Waals surface area contributed by atoms with Gasteiger partial charge in [-0.1, -0.05) is 24.3 Å². The van der Waals surface area contributed by atoms with Crippen molar-refractivity contribution >= 4 is 17.4 Å². The van der Waals surface area contributed by atoms with Crippen molar-refractivity contribution in [3.8, 4) is 0 Å². The summed E-state index contributed by atoms with van der Waals surface area (Å²) < 4.78 is 27.1. The summed E-state index contributed by atoms with van der Waals surface area (Å²) in [5, 5.41) is 11.4. The van der Waals surface area contributed by atoms with Crippen LogP contribution in [0.15, 0.2) is 36.4 Å². The van der Waals surface area contributed by atoms with Crippen molar-refractivity contribution < 1.29 is 13.6 Å². The summed E-state index contributed by atoms with van der Waals surface area (Å²) in [5.41, 5.74) is 7.86. The van der Waals surface area contributed by atoms with E-state index >= 15 is 0 Å². The molecule has 0 saturated heterocycles. The minimum absolute atomic E-state index is 0.215. The molecule has 1 amide bonds. The van der Waals surface area contributed by atoms with Gasteiger partial charge in [0.25, 0.3) is 6.43 Å². The highest BCUT2D eigenvalue weighted by Crippen LogP contribution is 2.28. The number of carbonyl (C=O) groups excluding carboxylic acids is 1. The third-order valence-electron chi connectivity index (χ3n) is 4.34. The van der Waals surface area contributed by atoms with Crippen molar-refractivity contribution in [1.29, 1.82) is 0 Å². The van der Waals surface area contributed by atoms with Gasteiger partial charge >= 0.3 is 0 Å². The van der Waals surface area contributed by atoms with Gasteiger partial charge in [-0.05, 0) is 23.3 Å². The molecule has 25 heavy (non-hydrogen) atoms. The number of primary amides is 1. The number of hydrogen-bond donors (Lipinski definition) is 1. The van der Waals surface area contributed by atoms with Gasteiger partial charge in [0.1, 0.15) is 6.04 Å². The van der Waals surface area contributed by atoms with Crippen molar-refractivity contribution in [1.82, 2.24) is 19.8 Å². The van der Waals surface area contributed by atoms with Crippen molar-refractivity contribution in [2.75, 3.05) is 4.90 Å². The second-order valence-corrected chi connectivity index (χ2v) is 5.84. The number of alkyl halides is 2. The SMILES string of the molecule is NC(=O)[C@@H]1Cc2ccccc2CN1c1ccc2nnc(C(F)F)n2n1. The summed E-state index contributed by atoms with van der Waals surface area (Å²) in [7, 11) is 0. The Bertz CT molecular complexity index is 957.